The van der Waals surface area contributed by atoms with E-state index in [1.54, 1.807) is 0 Å². The summed E-state index contributed by atoms with van der Waals surface area (Å²) >= 11 is 0. The van der Waals surface area contributed by atoms with Crippen molar-refractivity contribution >= 4 is 26.7 Å². The molecule has 2 saturated carbocycles. The average Bonchev–Trinajstić information content (AvgIpc) is 2.86. The Morgan fingerprint density at radius 3 is 0.914 bits per heavy atom. The molecular formula is C24H52O8Si3. The summed E-state index contributed by atoms with van der Waals surface area (Å²) < 4.78 is 52.2. The highest BCUT2D eigenvalue weighted by Gasteiger charge is 2.66. The van der Waals surface area contributed by atoms with Gasteiger partial charge in [0.05, 0.1) is 0 Å². The molecule has 0 aromatic heterocycles. The number of rotatable bonds is 18. The Morgan fingerprint density at radius 2 is 0.686 bits per heavy atom. The topological polar surface area (TPSA) is 73.8 Å². The molecule has 208 valence electrons. The first kappa shape index (κ1) is 31.5. The molecule has 35 heavy (non-hydrogen) atoms. The van der Waals surface area contributed by atoms with Crippen molar-refractivity contribution in [1.29, 1.82) is 0 Å². The zero-order valence-corrected chi connectivity index (χ0v) is 26.2. The van der Waals surface area contributed by atoms with Crippen molar-refractivity contribution in [3.8, 4) is 0 Å². The molecule has 0 N–H and O–H groups in total. The summed E-state index contributed by atoms with van der Waals surface area (Å²) in [6.45, 7) is 14.5. The predicted molar refractivity (Wildman–Crippen MR) is 143 cm³/mol. The van der Waals surface area contributed by atoms with E-state index >= 15 is 0 Å². The van der Waals surface area contributed by atoms with E-state index in [0.29, 0.717) is 50.7 Å². The van der Waals surface area contributed by atoms with E-state index in [0.717, 1.165) is 25.7 Å². The second-order valence-electron chi connectivity index (χ2n) is 9.19. The maximum Gasteiger partial charge on any atom is 0.670 e. The lowest BCUT2D eigenvalue weighted by atomic mass is 9.99. The van der Waals surface area contributed by atoms with Crippen LogP contribution < -0.4 is 0 Å². The molecule has 0 aliphatic heterocycles. The fourth-order valence-electron chi connectivity index (χ4n) is 5.58. The minimum atomic E-state index is -3.48. The van der Waals surface area contributed by atoms with E-state index in [4.69, 9.17) is 34.8 Å². The standard InChI is InChI=1S/C24H52O8Si3/c1-7-25-34(26-8-2,27-9-3)31-33(23-19-15-13-16-20-23,24-21-17-14-18-22-24)32-35(28-10-4,29-11-5)30-12-6/h23-24H,7-22H2,1-6H3. The molecular weight excluding hydrogens is 501 g/mol. The van der Waals surface area contributed by atoms with Gasteiger partial charge in [-0.05, 0) is 67.2 Å². The normalized spacial score (nSPS) is 19.4. The summed E-state index contributed by atoms with van der Waals surface area (Å²) in [7, 11) is -10.1. The van der Waals surface area contributed by atoms with E-state index in [1.165, 1.54) is 38.5 Å². The number of hydrogen-bond acceptors (Lipinski definition) is 8. The van der Waals surface area contributed by atoms with Crippen LogP contribution in [0.15, 0.2) is 0 Å². The quantitative estimate of drug-likeness (QED) is 0.186. The lowest BCUT2D eigenvalue weighted by Crippen LogP contribution is -2.68. The zero-order chi connectivity index (χ0) is 25.6. The highest BCUT2D eigenvalue weighted by molar-refractivity contribution is 6.83. The monoisotopic (exact) mass is 552 g/mol. The number of hydrogen-bond donors (Lipinski definition) is 0. The smallest absolute Gasteiger partial charge is 0.370 e. The average molecular weight is 553 g/mol. The second-order valence-corrected chi connectivity index (χ2v) is 17.6. The molecule has 11 heteroatoms. The van der Waals surface area contributed by atoms with Crippen LogP contribution in [0.3, 0.4) is 0 Å². The molecule has 0 unspecified atom stereocenters. The van der Waals surface area contributed by atoms with Crippen molar-refractivity contribution in [3.63, 3.8) is 0 Å². The van der Waals surface area contributed by atoms with E-state index in [1.807, 2.05) is 41.5 Å². The van der Waals surface area contributed by atoms with Crippen LogP contribution in [0, 0.1) is 0 Å². The molecule has 0 amide bonds. The van der Waals surface area contributed by atoms with Crippen LogP contribution in [0.4, 0.5) is 0 Å². The molecule has 0 saturated heterocycles. The molecule has 0 atom stereocenters. The van der Waals surface area contributed by atoms with Crippen molar-refractivity contribution in [2.45, 2.75) is 117 Å². The Kier molecular flexibility index (Phi) is 14.7. The van der Waals surface area contributed by atoms with Gasteiger partial charge in [-0.1, -0.05) is 38.5 Å². The van der Waals surface area contributed by atoms with Gasteiger partial charge in [-0.15, -0.1) is 0 Å². The molecule has 0 bridgehead atoms. The molecule has 0 aromatic rings. The summed E-state index contributed by atoms with van der Waals surface area (Å²) in [4.78, 5) is 0. The van der Waals surface area contributed by atoms with Crippen LogP contribution in [-0.2, 0) is 34.8 Å². The predicted octanol–water partition coefficient (Wildman–Crippen LogP) is 6.22. The van der Waals surface area contributed by atoms with Gasteiger partial charge in [-0.25, -0.2) is 0 Å². The van der Waals surface area contributed by atoms with Crippen molar-refractivity contribution in [2.75, 3.05) is 39.6 Å². The Morgan fingerprint density at radius 1 is 0.429 bits per heavy atom. The fourth-order valence-corrected chi connectivity index (χ4v) is 19.0. The molecule has 0 heterocycles. The highest BCUT2D eigenvalue weighted by atomic mass is 28.5. The molecule has 2 aliphatic rings. The second kappa shape index (κ2) is 16.3. The lowest BCUT2D eigenvalue weighted by molar-refractivity contribution is -0.0263. The third-order valence-corrected chi connectivity index (χ3v) is 18.7. The molecule has 2 rings (SSSR count). The first-order chi connectivity index (χ1) is 17.0. The summed E-state index contributed by atoms with van der Waals surface area (Å²) in [5.41, 5.74) is 0.585. The van der Waals surface area contributed by atoms with Crippen molar-refractivity contribution in [2.24, 2.45) is 0 Å². The molecule has 0 aromatic carbocycles. The molecule has 8 nitrogen and oxygen atoms in total. The van der Waals surface area contributed by atoms with Gasteiger partial charge in [-0.2, -0.15) is 0 Å². The Bertz CT molecular complexity index is 477. The largest absolute Gasteiger partial charge is 0.670 e. The molecule has 0 radical (unpaired) electrons. The third-order valence-electron chi connectivity index (χ3n) is 6.84. The zero-order valence-electron chi connectivity index (χ0n) is 23.2. The molecule has 2 fully saturated rings. The van der Waals surface area contributed by atoms with Gasteiger partial charge in [0.1, 0.15) is 0 Å². The van der Waals surface area contributed by atoms with Crippen LogP contribution in [0.25, 0.3) is 0 Å². The van der Waals surface area contributed by atoms with Crippen molar-refractivity contribution in [1.82, 2.24) is 0 Å². The van der Waals surface area contributed by atoms with Gasteiger partial charge in [0, 0.05) is 50.7 Å². The summed E-state index contributed by atoms with van der Waals surface area (Å²) in [5, 5.41) is 0. The van der Waals surface area contributed by atoms with Gasteiger partial charge >= 0.3 is 26.7 Å². The van der Waals surface area contributed by atoms with Crippen LogP contribution in [0.1, 0.15) is 106 Å². The minimum absolute atomic E-state index is 0.292. The van der Waals surface area contributed by atoms with Crippen molar-refractivity contribution in [3.05, 3.63) is 0 Å². The van der Waals surface area contributed by atoms with Crippen LogP contribution in [0.2, 0.25) is 11.1 Å². The van der Waals surface area contributed by atoms with E-state index in [-0.39, 0.29) is 0 Å². The highest BCUT2D eigenvalue weighted by Crippen LogP contribution is 2.51. The first-order valence-electron chi connectivity index (χ1n) is 14.2. The Balaban J connectivity index is 2.66. The third kappa shape index (κ3) is 8.67. The Hall–Kier alpha value is 0.331. The maximum atomic E-state index is 7.30. The SMILES string of the molecule is CCO[Si](OCC)(OCC)O[Si](O[Si](OCC)(OCC)OCC)(C1CCCCC1)C1CCCCC1. The van der Waals surface area contributed by atoms with Gasteiger partial charge in [0.2, 0.25) is 0 Å². The van der Waals surface area contributed by atoms with E-state index in [9.17, 15) is 0 Å². The maximum absolute atomic E-state index is 7.30. The van der Waals surface area contributed by atoms with E-state index in [2.05, 4.69) is 0 Å². The van der Waals surface area contributed by atoms with Gasteiger partial charge in [-0.3, -0.25) is 0 Å². The van der Waals surface area contributed by atoms with Gasteiger partial charge in [0.15, 0.2) is 0 Å². The fraction of sp³-hybridized carbons (Fsp3) is 1.00. The summed E-state index contributed by atoms with van der Waals surface area (Å²) in [6, 6.07) is 0. The van der Waals surface area contributed by atoms with Gasteiger partial charge < -0.3 is 34.8 Å². The molecule has 2 aliphatic carbocycles. The summed E-state index contributed by atoms with van der Waals surface area (Å²) in [5.74, 6) is 0. The Labute approximate surface area is 217 Å². The van der Waals surface area contributed by atoms with Crippen LogP contribution in [0.5, 0.6) is 0 Å². The molecule has 0 spiro atoms. The first-order valence-corrected chi connectivity index (χ1v) is 19.5. The van der Waals surface area contributed by atoms with Crippen LogP contribution >= 0.6 is 0 Å². The summed E-state index contributed by atoms with van der Waals surface area (Å²) in [6.07, 6.45) is 11.5. The van der Waals surface area contributed by atoms with Crippen LogP contribution in [-0.4, -0.2) is 66.3 Å². The van der Waals surface area contributed by atoms with E-state index < -0.39 is 26.7 Å². The lowest BCUT2D eigenvalue weighted by Gasteiger charge is -2.50. The minimum Gasteiger partial charge on any atom is -0.370 e. The van der Waals surface area contributed by atoms with Gasteiger partial charge in [0.25, 0.3) is 0 Å². The van der Waals surface area contributed by atoms with Crippen molar-refractivity contribution < 1.29 is 34.8 Å².